The van der Waals surface area contributed by atoms with Crippen LogP contribution in [0.1, 0.15) is 33.6 Å². The first-order valence-electron chi connectivity index (χ1n) is 9.94. The molecule has 0 amide bonds. The predicted octanol–water partition coefficient (Wildman–Crippen LogP) is 2.39. The molecule has 2 bridgehead atoms. The largest absolute Gasteiger partial charge is 0.453 e. The highest BCUT2D eigenvalue weighted by Gasteiger charge is 2.64. The number of rotatable bonds is 4. The molecule has 3 fully saturated rings. The molecular formula is C23H21NO5. The lowest BCUT2D eigenvalue weighted by Crippen LogP contribution is -2.50. The van der Waals surface area contributed by atoms with Crippen molar-refractivity contribution >= 4 is 17.7 Å². The summed E-state index contributed by atoms with van der Waals surface area (Å²) in [5.74, 6) is -0.795. The van der Waals surface area contributed by atoms with Crippen LogP contribution in [0.4, 0.5) is 0 Å². The highest BCUT2D eigenvalue weighted by molar-refractivity contribution is 5.91. The van der Waals surface area contributed by atoms with Crippen molar-refractivity contribution in [3.63, 3.8) is 0 Å². The molecule has 6 heteroatoms. The normalized spacial score (nSPS) is 32.1. The van der Waals surface area contributed by atoms with E-state index in [9.17, 15) is 14.4 Å². The van der Waals surface area contributed by atoms with Gasteiger partial charge in [0.25, 0.3) is 0 Å². The molecule has 1 saturated carbocycles. The summed E-state index contributed by atoms with van der Waals surface area (Å²) in [6.45, 7) is 0. The van der Waals surface area contributed by atoms with Crippen molar-refractivity contribution in [2.24, 2.45) is 11.8 Å². The minimum atomic E-state index is -0.691. The molecule has 2 aromatic rings. The van der Waals surface area contributed by atoms with E-state index in [-0.39, 0.29) is 29.7 Å². The molecular weight excluding hydrogens is 370 g/mol. The Bertz CT molecular complexity index is 944. The quantitative estimate of drug-likeness (QED) is 0.806. The summed E-state index contributed by atoms with van der Waals surface area (Å²) in [7, 11) is 0. The molecule has 0 spiro atoms. The van der Waals surface area contributed by atoms with E-state index in [1.165, 1.54) is 0 Å². The molecule has 2 aromatic carbocycles. The molecule has 3 aliphatic rings. The van der Waals surface area contributed by atoms with Gasteiger partial charge in [-0.25, -0.2) is 9.59 Å². The van der Waals surface area contributed by atoms with E-state index in [1.54, 1.807) is 48.5 Å². The Labute approximate surface area is 168 Å². The molecule has 0 radical (unpaired) electrons. The Morgan fingerprint density at radius 3 is 1.86 bits per heavy atom. The van der Waals surface area contributed by atoms with Gasteiger partial charge in [0, 0.05) is 12.3 Å². The zero-order valence-electron chi connectivity index (χ0n) is 15.7. The number of hydrogen-bond donors (Lipinski definition) is 1. The summed E-state index contributed by atoms with van der Waals surface area (Å²) >= 11 is 0. The first-order valence-corrected chi connectivity index (χ1v) is 9.94. The number of Topliss-reactive ketones (excluding diaryl/α,β-unsaturated/α-hetero) is 1. The minimum absolute atomic E-state index is 0.118. The monoisotopic (exact) mass is 391 g/mol. The first kappa shape index (κ1) is 18.1. The van der Waals surface area contributed by atoms with Gasteiger partial charge in [-0.05, 0) is 36.6 Å². The molecule has 2 saturated heterocycles. The number of nitrogens with one attached hydrogen (secondary N) is 1. The highest BCUT2D eigenvalue weighted by Crippen LogP contribution is 2.48. The van der Waals surface area contributed by atoms with Crippen LogP contribution < -0.4 is 5.32 Å². The predicted molar refractivity (Wildman–Crippen MR) is 103 cm³/mol. The fourth-order valence-corrected chi connectivity index (χ4v) is 5.07. The van der Waals surface area contributed by atoms with E-state index in [4.69, 9.17) is 9.47 Å². The Kier molecular flexibility index (Phi) is 4.43. The number of carbonyl (C=O) groups excluding carboxylic acids is 3. The van der Waals surface area contributed by atoms with E-state index in [1.807, 2.05) is 12.1 Å². The summed E-state index contributed by atoms with van der Waals surface area (Å²) in [6.07, 6.45) is -0.00440. The maximum absolute atomic E-state index is 12.7. The maximum Gasteiger partial charge on any atom is 0.338 e. The summed E-state index contributed by atoms with van der Waals surface area (Å²) < 4.78 is 11.6. The van der Waals surface area contributed by atoms with Crippen LogP contribution in [0.5, 0.6) is 0 Å². The maximum atomic E-state index is 12.7. The van der Waals surface area contributed by atoms with Crippen molar-refractivity contribution < 1.29 is 23.9 Å². The summed E-state index contributed by atoms with van der Waals surface area (Å²) in [4.78, 5) is 37.8. The van der Waals surface area contributed by atoms with Crippen molar-refractivity contribution in [2.75, 3.05) is 0 Å². The molecule has 29 heavy (non-hydrogen) atoms. The van der Waals surface area contributed by atoms with Gasteiger partial charge in [0.1, 0.15) is 5.78 Å². The summed E-state index contributed by atoms with van der Waals surface area (Å²) in [5.41, 5.74) is 0.875. The van der Waals surface area contributed by atoms with Gasteiger partial charge in [0.15, 0.2) is 12.2 Å². The summed E-state index contributed by atoms with van der Waals surface area (Å²) in [5, 5.41) is 3.40. The van der Waals surface area contributed by atoms with Crippen LogP contribution in [-0.4, -0.2) is 42.0 Å². The van der Waals surface area contributed by atoms with Crippen molar-refractivity contribution in [1.29, 1.82) is 0 Å². The van der Waals surface area contributed by atoms with E-state index in [0.717, 1.165) is 6.42 Å². The molecule has 1 aliphatic carbocycles. The zero-order valence-corrected chi connectivity index (χ0v) is 15.7. The lowest BCUT2D eigenvalue weighted by molar-refractivity contribution is -0.124. The number of benzene rings is 2. The van der Waals surface area contributed by atoms with Crippen LogP contribution in [0.3, 0.4) is 0 Å². The smallest absolute Gasteiger partial charge is 0.338 e. The zero-order chi connectivity index (χ0) is 20.0. The number of hydrogen-bond acceptors (Lipinski definition) is 6. The van der Waals surface area contributed by atoms with Crippen molar-refractivity contribution in [1.82, 2.24) is 5.32 Å². The van der Waals surface area contributed by atoms with Gasteiger partial charge in [-0.3, -0.25) is 4.79 Å². The highest BCUT2D eigenvalue weighted by atomic mass is 16.6. The fourth-order valence-electron chi connectivity index (χ4n) is 5.07. The average Bonchev–Trinajstić information content (AvgIpc) is 3.42. The molecule has 6 nitrogen and oxygen atoms in total. The third kappa shape index (κ3) is 3.04. The number of fused-ring (bicyclic) bond motifs is 5. The van der Waals surface area contributed by atoms with Crippen LogP contribution in [0.15, 0.2) is 60.7 Å². The fraction of sp³-hybridized carbons (Fsp3) is 0.348. The molecule has 6 unspecified atom stereocenters. The van der Waals surface area contributed by atoms with E-state index in [2.05, 4.69) is 5.32 Å². The van der Waals surface area contributed by atoms with Gasteiger partial charge in [-0.2, -0.15) is 0 Å². The summed E-state index contributed by atoms with van der Waals surface area (Å²) in [6, 6.07) is 17.0. The number of ether oxygens (including phenoxy) is 2. The number of esters is 2. The van der Waals surface area contributed by atoms with Crippen LogP contribution in [0.25, 0.3) is 0 Å². The molecule has 1 N–H and O–H groups in total. The van der Waals surface area contributed by atoms with Gasteiger partial charge >= 0.3 is 11.9 Å². The van der Waals surface area contributed by atoms with E-state index < -0.39 is 24.1 Å². The molecule has 148 valence electrons. The van der Waals surface area contributed by atoms with Gasteiger partial charge in [0.05, 0.1) is 23.2 Å². The van der Waals surface area contributed by atoms with Crippen molar-refractivity contribution in [3.8, 4) is 0 Å². The van der Waals surface area contributed by atoms with Crippen LogP contribution in [0, 0.1) is 11.8 Å². The van der Waals surface area contributed by atoms with Crippen molar-refractivity contribution in [3.05, 3.63) is 71.8 Å². The SMILES string of the molecule is O=C(OC1C2NC(C1OC(=O)c1ccccc1)C1C(=O)CCC21)c1ccccc1. The van der Waals surface area contributed by atoms with Gasteiger partial charge in [0.2, 0.25) is 0 Å². The Hall–Kier alpha value is -2.99. The third-order valence-corrected chi connectivity index (χ3v) is 6.33. The Balaban J connectivity index is 1.41. The molecule has 6 atom stereocenters. The first-order chi connectivity index (χ1) is 14.1. The number of carbonyl (C=O) groups is 3. The Morgan fingerprint density at radius 2 is 1.31 bits per heavy atom. The van der Waals surface area contributed by atoms with Crippen molar-refractivity contribution in [2.45, 2.75) is 37.1 Å². The molecule has 5 rings (SSSR count). The van der Waals surface area contributed by atoms with Crippen LogP contribution in [-0.2, 0) is 14.3 Å². The second-order valence-corrected chi connectivity index (χ2v) is 7.88. The molecule has 0 aromatic heterocycles. The van der Waals surface area contributed by atoms with Gasteiger partial charge in [-0.15, -0.1) is 0 Å². The second-order valence-electron chi connectivity index (χ2n) is 7.88. The topological polar surface area (TPSA) is 81.7 Å². The average molecular weight is 391 g/mol. The van der Waals surface area contributed by atoms with Crippen LogP contribution in [0.2, 0.25) is 0 Å². The van der Waals surface area contributed by atoms with Crippen LogP contribution >= 0.6 is 0 Å². The Morgan fingerprint density at radius 1 is 0.793 bits per heavy atom. The van der Waals surface area contributed by atoms with E-state index >= 15 is 0 Å². The molecule has 2 aliphatic heterocycles. The lowest BCUT2D eigenvalue weighted by atomic mass is 9.78. The molecule has 2 heterocycles. The number of ketones is 1. The standard InChI is InChI=1S/C23H21NO5/c25-16-12-11-15-17(16)19-21(29-23(27)14-9-5-2-6-10-14)20(18(15)24-19)28-22(26)13-7-3-1-4-8-13/h1-10,15,17-21,24H,11-12H2. The van der Waals surface area contributed by atoms with E-state index in [0.29, 0.717) is 17.5 Å². The second kappa shape index (κ2) is 7.12. The van der Waals surface area contributed by atoms with Gasteiger partial charge < -0.3 is 14.8 Å². The minimum Gasteiger partial charge on any atom is -0.453 e. The third-order valence-electron chi connectivity index (χ3n) is 6.33. The lowest BCUT2D eigenvalue weighted by Gasteiger charge is -2.34. The van der Waals surface area contributed by atoms with Gasteiger partial charge in [-0.1, -0.05) is 36.4 Å².